The third-order valence-electron chi connectivity index (χ3n) is 3.90. The first-order valence-electron chi connectivity index (χ1n) is 7.83. The Morgan fingerprint density at radius 2 is 2.04 bits per heavy atom. The topological polar surface area (TPSA) is 75.7 Å². The van der Waals surface area contributed by atoms with Crippen molar-refractivity contribution in [2.24, 2.45) is 0 Å². The van der Waals surface area contributed by atoms with Crippen LogP contribution in [0.5, 0.6) is 5.75 Å². The number of para-hydroxylation sites is 1. The minimum atomic E-state index is -3.26. The summed E-state index contributed by atoms with van der Waals surface area (Å²) in [4.78, 5) is 14.4. The van der Waals surface area contributed by atoms with E-state index in [0.717, 1.165) is 25.5 Å². The van der Waals surface area contributed by atoms with Crippen LogP contribution >= 0.6 is 0 Å². The number of nitrogens with one attached hydrogen (secondary N) is 1. The Morgan fingerprint density at radius 3 is 2.70 bits per heavy atom. The van der Waals surface area contributed by atoms with Crippen molar-refractivity contribution < 1.29 is 17.9 Å². The molecule has 1 N–H and O–H groups in total. The Balaban J connectivity index is 1.99. The van der Waals surface area contributed by atoms with Gasteiger partial charge in [-0.25, -0.2) is 13.1 Å². The van der Waals surface area contributed by atoms with Gasteiger partial charge < -0.3 is 9.64 Å². The summed E-state index contributed by atoms with van der Waals surface area (Å²) in [5, 5.41) is 0. The number of likely N-dealkylation sites (tertiary alicyclic amines) is 1. The fourth-order valence-corrected chi connectivity index (χ4v) is 3.23. The second-order valence-corrected chi connectivity index (χ2v) is 7.71. The average Bonchev–Trinajstić information content (AvgIpc) is 2.53. The number of nitrogens with zero attached hydrogens (tertiary/aromatic N) is 1. The van der Waals surface area contributed by atoms with E-state index in [2.05, 4.69) is 4.72 Å². The zero-order chi connectivity index (χ0) is 16.9. The van der Waals surface area contributed by atoms with E-state index in [1.54, 1.807) is 11.8 Å². The lowest BCUT2D eigenvalue weighted by atomic mass is 10.0. The molecule has 7 heteroatoms. The maximum atomic E-state index is 12.7. The molecule has 23 heavy (non-hydrogen) atoms. The molecule has 2 atom stereocenters. The van der Waals surface area contributed by atoms with Crippen LogP contribution in [0.4, 0.5) is 0 Å². The second-order valence-electron chi connectivity index (χ2n) is 5.87. The van der Waals surface area contributed by atoms with E-state index < -0.39 is 16.1 Å². The van der Waals surface area contributed by atoms with Crippen molar-refractivity contribution in [3.05, 3.63) is 30.3 Å². The molecule has 2 rings (SSSR count). The van der Waals surface area contributed by atoms with Crippen molar-refractivity contribution in [1.82, 2.24) is 9.62 Å². The predicted molar refractivity (Wildman–Crippen MR) is 88.7 cm³/mol. The maximum absolute atomic E-state index is 12.7. The first-order chi connectivity index (χ1) is 10.9. The summed E-state index contributed by atoms with van der Waals surface area (Å²) in [7, 11) is -3.26. The Kier molecular flexibility index (Phi) is 6.01. The summed E-state index contributed by atoms with van der Waals surface area (Å²) in [6, 6.07) is 9.09. The Labute approximate surface area is 137 Å². The Hall–Kier alpha value is -1.60. The number of piperidine rings is 1. The van der Waals surface area contributed by atoms with Gasteiger partial charge in [-0.1, -0.05) is 18.2 Å². The lowest BCUT2D eigenvalue weighted by Gasteiger charge is -2.37. The number of benzene rings is 1. The summed E-state index contributed by atoms with van der Waals surface area (Å²) in [6.07, 6.45) is 3.25. The molecule has 1 aromatic carbocycles. The van der Waals surface area contributed by atoms with E-state index >= 15 is 0 Å². The predicted octanol–water partition coefficient (Wildman–Crippen LogP) is 1.38. The monoisotopic (exact) mass is 340 g/mol. The average molecular weight is 340 g/mol. The third-order valence-corrected chi connectivity index (χ3v) is 4.59. The molecule has 0 radical (unpaired) electrons. The van der Waals surface area contributed by atoms with Crippen molar-refractivity contribution in [2.75, 3.05) is 19.3 Å². The standard InChI is InChI=1S/C16H24N2O4S/c1-13(22-15-9-4-3-5-10-15)16(19)18-11-7-6-8-14(18)12-17-23(2,20)21/h3-5,9-10,13-14,17H,6-8,11-12H2,1-2H3/t13-,14+/m0/s1. The van der Waals surface area contributed by atoms with Crippen molar-refractivity contribution in [3.63, 3.8) is 0 Å². The van der Waals surface area contributed by atoms with Gasteiger partial charge in [-0.3, -0.25) is 4.79 Å². The van der Waals surface area contributed by atoms with Gasteiger partial charge in [-0.2, -0.15) is 0 Å². The van der Waals surface area contributed by atoms with E-state index in [1.807, 2.05) is 30.3 Å². The number of hydrogen-bond donors (Lipinski definition) is 1. The molecule has 1 aliphatic heterocycles. The number of ether oxygens (including phenoxy) is 1. The zero-order valence-electron chi connectivity index (χ0n) is 13.6. The molecular formula is C16H24N2O4S. The van der Waals surface area contributed by atoms with Crippen LogP contribution < -0.4 is 9.46 Å². The molecule has 0 saturated carbocycles. The highest BCUT2D eigenvalue weighted by molar-refractivity contribution is 7.88. The van der Waals surface area contributed by atoms with Crippen LogP contribution in [-0.2, 0) is 14.8 Å². The van der Waals surface area contributed by atoms with Crippen molar-refractivity contribution in [1.29, 1.82) is 0 Å². The van der Waals surface area contributed by atoms with Crippen LogP contribution in [0.15, 0.2) is 30.3 Å². The quantitative estimate of drug-likeness (QED) is 0.849. The van der Waals surface area contributed by atoms with Gasteiger partial charge in [0.2, 0.25) is 10.0 Å². The highest BCUT2D eigenvalue weighted by atomic mass is 32.2. The van der Waals surface area contributed by atoms with Crippen LogP contribution in [0, 0.1) is 0 Å². The second kappa shape index (κ2) is 7.79. The highest BCUT2D eigenvalue weighted by Gasteiger charge is 2.30. The van der Waals surface area contributed by atoms with Gasteiger partial charge >= 0.3 is 0 Å². The largest absolute Gasteiger partial charge is 0.481 e. The Bertz CT molecular complexity index is 618. The van der Waals surface area contributed by atoms with Crippen molar-refractivity contribution >= 4 is 15.9 Å². The van der Waals surface area contributed by atoms with Gasteiger partial charge in [0.15, 0.2) is 6.10 Å². The zero-order valence-corrected chi connectivity index (χ0v) is 14.4. The molecule has 1 saturated heterocycles. The highest BCUT2D eigenvalue weighted by Crippen LogP contribution is 2.19. The van der Waals surface area contributed by atoms with E-state index in [1.165, 1.54) is 0 Å². The van der Waals surface area contributed by atoms with Crippen LogP contribution in [-0.4, -0.2) is 50.7 Å². The Morgan fingerprint density at radius 1 is 1.35 bits per heavy atom. The van der Waals surface area contributed by atoms with Crippen LogP contribution in [0.25, 0.3) is 0 Å². The van der Waals surface area contributed by atoms with Crippen LogP contribution in [0.1, 0.15) is 26.2 Å². The SMILES string of the molecule is C[C@H](Oc1ccccc1)C(=O)N1CCCC[C@@H]1CNS(C)(=O)=O. The minimum Gasteiger partial charge on any atom is -0.481 e. The summed E-state index contributed by atoms with van der Waals surface area (Å²) in [5.74, 6) is 0.546. The first-order valence-corrected chi connectivity index (χ1v) is 9.73. The summed E-state index contributed by atoms with van der Waals surface area (Å²) < 4.78 is 30.8. The molecule has 0 aromatic heterocycles. The summed E-state index contributed by atoms with van der Waals surface area (Å²) in [5.41, 5.74) is 0. The van der Waals surface area contributed by atoms with Gasteiger partial charge in [-0.05, 0) is 38.3 Å². The summed E-state index contributed by atoms with van der Waals surface area (Å²) in [6.45, 7) is 2.62. The van der Waals surface area contributed by atoms with E-state index in [4.69, 9.17) is 4.74 Å². The molecule has 1 amide bonds. The summed E-state index contributed by atoms with van der Waals surface area (Å²) >= 11 is 0. The fourth-order valence-electron chi connectivity index (χ4n) is 2.74. The molecule has 128 valence electrons. The van der Waals surface area contributed by atoms with Crippen molar-refractivity contribution in [3.8, 4) is 5.75 Å². The molecular weight excluding hydrogens is 316 g/mol. The molecule has 1 fully saturated rings. The number of amides is 1. The van der Waals surface area contributed by atoms with Gasteiger partial charge in [-0.15, -0.1) is 0 Å². The maximum Gasteiger partial charge on any atom is 0.263 e. The molecule has 0 spiro atoms. The lowest BCUT2D eigenvalue weighted by Crippen LogP contribution is -2.52. The normalized spacial score (nSPS) is 20.1. The molecule has 0 aliphatic carbocycles. The smallest absolute Gasteiger partial charge is 0.263 e. The third kappa shape index (κ3) is 5.51. The molecule has 0 unspecified atom stereocenters. The number of hydrogen-bond acceptors (Lipinski definition) is 4. The number of sulfonamides is 1. The lowest BCUT2D eigenvalue weighted by molar-refractivity contribution is -0.141. The van der Waals surface area contributed by atoms with Gasteiger partial charge in [0.25, 0.3) is 5.91 Å². The molecule has 1 heterocycles. The first kappa shape index (κ1) is 17.7. The van der Waals surface area contributed by atoms with E-state index in [0.29, 0.717) is 12.3 Å². The molecule has 1 aliphatic rings. The molecule has 1 aromatic rings. The van der Waals surface area contributed by atoms with Gasteiger partial charge in [0, 0.05) is 19.1 Å². The molecule has 0 bridgehead atoms. The van der Waals surface area contributed by atoms with Gasteiger partial charge in [0.1, 0.15) is 5.75 Å². The van der Waals surface area contributed by atoms with Crippen LogP contribution in [0.2, 0.25) is 0 Å². The van der Waals surface area contributed by atoms with Crippen LogP contribution in [0.3, 0.4) is 0 Å². The van der Waals surface area contributed by atoms with E-state index in [-0.39, 0.29) is 18.5 Å². The number of carbonyl (C=O) groups is 1. The molecule has 6 nitrogen and oxygen atoms in total. The number of rotatable bonds is 6. The number of carbonyl (C=O) groups excluding carboxylic acids is 1. The van der Waals surface area contributed by atoms with Crippen molar-refractivity contribution in [2.45, 2.75) is 38.3 Å². The van der Waals surface area contributed by atoms with E-state index in [9.17, 15) is 13.2 Å². The fraction of sp³-hybridized carbons (Fsp3) is 0.562. The van der Waals surface area contributed by atoms with Gasteiger partial charge in [0.05, 0.1) is 6.26 Å². The minimum absolute atomic E-state index is 0.103.